The Morgan fingerprint density at radius 2 is 1.76 bits per heavy atom. The topological polar surface area (TPSA) is 105 Å². The molecule has 1 aliphatic rings. The molecule has 3 heterocycles. The predicted octanol–water partition coefficient (Wildman–Crippen LogP) is 1.90. The van der Waals surface area contributed by atoms with Gasteiger partial charge in [0.25, 0.3) is 11.8 Å². The second-order valence-electron chi connectivity index (χ2n) is 6.77. The molecule has 0 saturated carbocycles. The highest BCUT2D eigenvalue weighted by Gasteiger charge is 2.34. The van der Waals surface area contributed by atoms with Gasteiger partial charge in [0.2, 0.25) is 5.89 Å². The van der Waals surface area contributed by atoms with E-state index in [4.69, 9.17) is 4.52 Å². The van der Waals surface area contributed by atoms with Crippen molar-refractivity contribution >= 4 is 11.8 Å². The van der Waals surface area contributed by atoms with Crippen LogP contribution < -0.4 is 0 Å². The summed E-state index contributed by atoms with van der Waals surface area (Å²) in [5.41, 5.74) is 0.991. The minimum Gasteiger partial charge on any atom is -0.337 e. The molecule has 9 nitrogen and oxygen atoms in total. The SMILES string of the molecule is Cc1noc(C2CCN(C(=O)c3cncnc3)CCN2C(=O)c2ccccc2)n1. The zero-order valence-corrected chi connectivity index (χ0v) is 15.9. The van der Waals surface area contributed by atoms with Crippen molar-refractivity contribution in [3.05, 3.63) is 71.9 Å². The summed E-state index contributed by atoms with van der Waals surface area (Å²) < 4.78 is 5.38. The molecule has 1 atom stereocenters. The van der Waals surface area contributed by atoms with Gasteiger partial charge in [-0.2, -0.15) is 4.98 Å². The van der Waals surface area contributed by atoms with Crippen molar-refractivity contribution in [3.63, 3.8) is 0 Å². The first-order valence-electron chi connectivity index (χ1n) is 9.34. The Bertz CT molecular complexity index is 992. The lowest BCUT2D eigenvalue weighted by molar-refractivity contribution is 0.0642. The Balaban J connectivity index is 1.61. The van der Waals surface area contributed by atoms with Crippen LogP contribution in [0.4, 0.5) is 0 Å². The van der Waals surface area contributed by atoms with Crippen molar-refractivity contribution < 1.29 is 14.1 Å². The van der Waals surface area contributed by atoms with Gasteiger partial charge in [0.15, 0.2) is 5.82 Å². The minimum atomic E-state index is -0.409. The van der Waals surface area contributed by atoms with Gasteiger partial charge in [-0.1, -0.05) is 23.4 Å². The number of nitrogens with zero attached hydrogens (tertiary/aromatic N) is 6. The number of aromatic nitrogens is 4. The normalized spacial score (nSPS) is 17.1. The van der Waals surface area contributed by atoms with Crippen LogP contribution >= 0.6 is 0 Å². The second-order valence-corrected chi connectivity index (χ2v) is 6.77. The highest BCUT2D eigenvalue weighted by atomic mass is 16.5. The van der Waals surface area contributed by atoms with Gasteiger partial charge in [-0.15, -0.1) is 0 Å². The fourth-order valence-electron chi connectivity index (χ4n) is 3.42. The fourth-order valence-corrected chi connectivity index (χ4v) is 3.42. The lowest BCUT2D eigenvalue weighted by Crippen LogP contribution is -2.38. The van der Waals surface area contributed by atoms with Crippen molar-refractivity contribution in [2.24, 2.45) is 0 Å². The molecule has 148 valence electrons. The summed E-state index contributed by atoms with van der Waals surface area (Å²) in [7, 11) is 0. The molecule has 2 amide bonds. The average molecular weight is 392 g/mol. The molecule has 1 aromatic carbocycles. The number of amides is 2. The molecule has 1 fully saturated rings. The molecule has 0 bridgehead atoms. The Morgan fingerprint density at radius 1 is 1.00 bits per heavy atom. The van der Waals surface area contributed by atoms with Gasteiger partial charge in [-0.3, -0.25) is 9.59 Å². The van der Waals surface area contributed by atoms with Crippen LogP contribution in [0.3, 0.4) is 0 Å². The number of benzene rings is 1. The third-order valence-electron chi connectivity index (χ3n) is 4.86. The highest BCUT2D eigenvalue weighted by molar-refractivity contribution is 5.95. The highest BCUT2D eigenvalue weighted by Crippen LogP contribution is 2.28. The molecule has 3 aromatic rings. The van der Waals surface area contributed by atoms with Crippen LogP contribution in [-0.2, 0) is 0 Å². The standard InChI is InChI=1S/C20H20N6O3/c1-14-23-18(29-24-14)17-7-8-25(19(27)16-11-21-13-22-12-16)9-10-26(17)20(28)15-5-3-2-4-6-15/h2-6,11-13,17H,7-10H2,1H3. The third kappa shape index (κ3) is 3.98. The van der Waals surface area contributed by atoms with E-state index in [1.165, 1.54) is 18.7 Å². The lowest BCUT2D eigenvalue weighted by atomic mass is 10.1. The van der Waals surface area contributed by atoms with Crippen molar-refractivity contribution in [3.8, 4) is 0 Å². The lowest BCUT2D eigenvalue weighted by Gasteiger charge is -2.27. The number of rotatable bonds is 3. The Hall–Kier alpha value is -3.62. The summed E-state index contributed by atoms with van der Waals surface area (Å²) in [6, 6.07) is 8.64. The van der Waals surface area contributed by atoms with Crippen LogP contribution in [0.2, 0.25) is 0 Å². The molecule has 0 N–H and O–H groups in total. The maximum Gasteiger partial charge on any atom is 0.257 e. The number of hydrogen-bond acceptors (Lipinski definition) is 7. The summed E-state index contributed by atoms with van der Waals surface area (Å²) in [5, 5.41) is 3.87. The van der Waals surface area contributed by atoms with E-state index in [9.17, 15) is 9.59 Å². The zero-order chi connectivity index (χ0) is 20.2. The van der Waals surface area contributed by atoms with E-state index in [0.717, 1.165) is 0 Å². The first-order chi connectivity index (χ1) is 14.1. The van der Waals surface area contributed by atoms with E-state index < -0.39 is 6.04 Å². The van der Waals surface area contributed by atoms with E-state index in [2.05, 4.69) is 20.1 Å². The second kappa shape index (κ2) is 8.17. The van der Waals surface area contributed by atoms with E-state index in [0.29, 0.717) is 48.9 Å². The van der Waals surface area contributed by atoms with Crippen LogP contribution in [0.5, 0.6) is 0 Å². The molecule has 1 unspecified atom stereocenters. The van der Waals surface area contributed by atoms with Crippen molar-refractivity contribution in [2.45, 2.75) is 19.4 Å². The monoisotopic (exact) mass is 392 g/mol. The average Bonchev–Trinajstić information content (AvgIpc) is 3.07. The maximum atomic E-state index is 13.2. The zero-order valence-electron chi connectivity index (χ0n) is 15.9. The first kappa shape index (κ1) is 18.7. The smallest absolute Gasteiger partial charge is 0.257 e. The van der Waals surface area contributed by atoms with Crippen LogP contribution in [0.15, 0.2) is 53.6 Å². The number of carbonyl (C=O) groups excluding carboxylic acids is 2. The molecule has 2 aromatic heterocycles. The Labute approximate surface area is 167 Å². The molecule has 29 heavy (non-hydrogen) atoms. The number of hydrogen-bond donors (Lipinski definition) is 0. The summed E-state index contributed by atoms with van der Waals surface area (Å²) in [5.74, 6) is 0.582. The van der Waals surface area contributed by atoms with E-state index in [1.54, 1.807) is 28.9 Å². The Kier molecular flexibility index (Phi) is 5.28. The molecular weight excluding hydrogens is 372 g/mol. The van der Waals surface area contributed by atoms with E-state index in [-0.39, 0.29) is 11.8 Å². The van der Waals surface area contributed by atoms with Crippen LogP contribution in [0, 0.1) is 6.92 Å². The van der Waals surface area contributed by atoms with Gasteiger partial charge < -0.3 is 14.3 Å². The van der Waals surface area contributed by atoms with Gasteiger partial charge in [-0.25, -0.2) is 9.97 Å². The summed E-state index contributed by atoms with van der Waals surface area (Å²) >= 11 is 0. The van der Waals surface area contributed by atoms with Gasteiger partial charge in [0.1, 0.15) is 12.4 Å². The van der Waals surface area contributed by atoms with E-state index in [1.807, 2.05) is 18.2 Å². The fraction of sp³-hybridized carbons (Fsp3) is 0.300. The molecule has 0 radical (unpaired) electrons. The molecule has 0 spiro atoms. The number of carbonyl (C=O) groups is 2. The maximum absolute atomic E-state index is 13.2. The van der Waals surface area contributed by atoms with Crippen LogP contribution in [-0.4, -0.2) is 61.4 Å². The van der Waals surface area contributed by atoms with Gasteiger partial charge in [-0.05, 0) is 25.5 Å². The molecule has 1 aliphatic heterocycles. The largest absolute Gasteiger partial charge is 0.337 e. The van der Waals surface area contributed by atoms with E-state index >= 15 is 0 Å². The quantitative estimate of drug-likeness (QED) is 0.670. The minimum absolute atomic E-state index is 0.135. The van der Waals surface area contributed by atoms with Crippen molar-refractivity contribution in [1.29, 1.82) is 0 Å². The summed E-state index contributed by atoms with van der Waals surface area (Å²) in [4.78, 5) is 41.6. The number of aryl methyl sites for hydroxylation is 1. The van der Waals surface area contributed by atoms with Crippen molar-refractivity contribution in [1.82, 2.24) is 29.9 Å². The first-order valence-corrected chi connectivity index (χ1v) is 9.34. The third-order valence-corrected chi connectivity index (χ3v) is 4.86. The molecular formula is C20H20N6O3. The summed E-state index contributed by atoms with van der Waals surface area (Å²) in [6.07, 6.45) is 4.85. The summed E-state index contributed by atoms with van der Waals surface area (Å²) in [6.45, 7) is 2.91. The Morgan fingerprint density at radius 3 is 2.45 bits per heavy atom. The van der Waals surface area contributed by atoms with Gasteiger partial charge in [0, 0.05) is 37.6 Å². The van der Waals surface area contributed by atoms with Gasteiger partial charge >= 0.3 is 0 Å². The molecule has 4 rings (SSSR count). The van der Waals surface area contributed by atoms with Crippen molar-refractivity contribution in [2.75, 3.05) is 19.6 Å². The van der Waals surface area contributed by atoms with Crippen LogP contribution in [0.1, 0.15) is 44.9 Å². The predicted molar refractivity (Wildman–Crippen MR) is 102 cm³/mol. The molecule has 9 heteroatoms. The molecule has 0 aliphatic carbocycles. The van der Waals surface area contributed by atoms with Crippen LogP contribution in [0.25, 0.3) is 0 Å². The molecule has 1 saturated heterocycles. The van der Waals surface area contributed by atoms with Gasteiger partial charge in [0.05, 0.1) is 5.56 Å².